The number of hydrogen-bond donors (Lipinski definition) is 1. The minimum Gasteiger partial charge on any atom is -0.368 e. The molecule has 1 amide bonds. The maximum absolute atomic E-state index is 11.6. The van der Waals surface area contributed by atoms with E-state index in [2.05, 4.69) is 39.0 Å². The summed E-state index contributed by atoms with van der Waals surface area (Å²) in [7, 11) is 3.75. The van der Waals surface area contributed by atoms with Crippen molar-refractivity contribution in [1.29, 1.82) is 0 Å². The van der Waals surface area contributed by atoms with Crippen molar-refractivity contribution in [3.05, 3.63) is 34.9 Å². The van der Waals surface area contributed by atoms with E-state index in [9.17, 15) is 4.79 Å². The minimum absolute atomic E-state index is 0.0664. The number of amides is 1. The molecule has 0 aliphatic carbocycles. The number of primary amides is 1. The van der Waals surface area contributed by atoms with E-state index in [1.54, 1.807) is 0 Å². The molecule has 2 N–H and O–H groups in total. The standard InChI is InChI=1S/C15H24N2O/c1-10-7-8-11(15(2,3)4)9-12(10)13(14(16)18)17(5)6/h7-9,13H,1-6H3,(H2,16,18). The van der Waals surface area contributed by atoms with E-state index in [1.165, 1.54) is 5.56 Å². The predicted octanol–water partition coefficient (Wildman–Crippen LogP) is 2.38. The monoisotopic (exact) mass is 248 g/mol. The Morgan fingerprint density at radius 3 is 2.22 bits per heavy atom. The fourth-order valence-corrected chi connectivity index (χ4v) is 2.09. The number of likely N-dealkylation sites (N-methyl/N-ethyl adjacent to an activating group) is 1. The first kappa shape index (κ1) is 14.7. The van der Waals surface area contributed by atoms with Crippen molar-refractivity contribution in [3.63, 3.8) is 0 Å². The quantitative estimate of drug-likeness (QED) is 0.892. The average Bonchev–Trinajstić information content (AvgIpc) is 2.18. The maximum Gasteiger partial charge on any atom is 0.239 e. The predicted molar refractivity (Wildman–Crippen MR) is 75.5 cm³/mol. The molecule has 0 heterocycles. The third-order valence-electron chi connectivity index (χ3n) is 3.23. The second kappa shape index (κ2) is 5.11. The Morgan fingerprint density at radius 2 is 1.83 bits per heavy atom. The van der Waals surface area contributed by atoms with Crippen LogP contribution in [-0.4, -0.2) is 24.9 Å². The zero-order chi connectivity index (χ0) is 14.1. The van der Waals surface area contributed by atoms with E-state index in [1.807, 2.05) is 25.9 Å². The van der Waals surface area contributed by atoms with Crippen LogP contribution in [0.15, 0.2) is 18.2 Å². The molecule has 100 valence electrons. The van der Waals surface area contributed by atoms with Gasteiger partial charge in [-0.25, -0.2) is 0 Å². The van der Waals surface area contributed by atoms with Crippen molar-refractivity contribution in [3.8, 4) is 0 Å². The highest BCUT2D eigenvalue weighted by molar-refractivity contribution is 5.82. The van der Waals surface area contributed by atoms with Gasteiger partial charge in [0.05, 0.1) is 0 Å². The van der Waals surface area contributed by atoms with E-state index in [-0.39, 0.29) is 17.4 Å². The maximum atomic E-state index is 11.6. The summed E-state index contributed by atoms with van der Waals surface area (Å²) >= 11 is 0. The molecule has 18 heavy (non-hydrogen) atoms. The number of nitrogens with two attached hydrogens (primary N) is 1. The van der Waals surface area contributed by atoms with E-state index in [0.717, 1.165) is 11.1 Å². The summed E-state index contributed by atoms with van der Waals surface area (Å²) in [6.45, 7) is 8.50. The van der Waals surface area contributed by atoms with Crippen LogP contribution in [-0.2, 0) is 10.2 Å². The fourth-order valence-electron chi connectivity index (χ4n) is 2.09. The van der Waals surface area contributed by atoms with Crippen molar-refractivity contribution in [2.75, 3.05) is 14.1 Å². The van der Waals surface area contributed by atoms with Crippen LogP contribution in [0, 0.1) is 6.92 Å². The topological polar surface area (TPSA) is 46.3 Å². The molecule has 0 aromatic heterocycles. The highest BCUT2D eigenvalue weighted by Gasteiger charge is 2.24. The average molecular weight is 248 g/mol. The molecule has 0 aliphatic rings. The number of rotatable bonds is 3. The zero-order valence-corrected chi connectivity index (χ0v) is 12.2. The first-order chi connectivity index (χ1) is 8.14. The van der Waals surface area contributed by atoms with Crippen molar-refractivity contribution >= 4 is 5.91 Å². The molecule has 0 bridgehead atoms. The van der Waals surface area contributed by atoms with Crippen LogP contribution >= 0.6 is 0 Å². The lowest BCUT2D eigenvalue weighted by Crippen LogP contribution is -2.33. The normalized spacial score (nSPS) is 13.7. The van der Waals surface area contributed by atoms with Crippen molar-refractivity contribution in [1.82, 2.24) is 4.90 Å². The molecular weight excluding hydrogens is 224 g/mol. The summed E-state index contributed by atoms with van der Waals surface area (Å²) < 4.78 is 0. The van der Waals surface area contributed by atoms with Crippen LogP contribution in [0.3, 0.4) is 0 Å². The van der Waals surface area contributed by atoms with E-state index >= 15 is 0 Å². The second-order valence-corrected chi connectivity index (χ2v) is 6.09. The van der Waals surface area contributed by atoms with Gasteiger partial charge in [-0.2, -0.15) is 0 Å². The molecule has 1 atom stereocenters. The summed E-state index contributed by atoms with van der Waals surface area (Å²) in [6, 6.07) is 5.92. The molecule has 0 aliphatic heterocycles. The van der Waals surface area contributed by atoms with Crippen LogP contribution in [0.25, 0.3) is 0 Å². The molecule has 3 nitrogen and oxygen atoms in total. The molecule has 1 rings (SSSR count). The van der Waals surface area contributed by atoms with Crippen molar-refractivity contribution < 1.29 is 4.79 Å². The SMILES string of the molecule is Cc1ccc(C(C)(C)C)cc1C(C(N)=O)N(C)C. The molecular formula is C15H24N2O. The van der Waals surface area contributed by atoms with Crippen molar-refractivity contribution in [2.24, 2.45) is 5.73 Å². The Kier molecular flexibility index (Phi) is 4.17. The van der Waals surface area contributed by atoms with Gasteiger partial charge in [0.1, 0.15) is 6.04 Å². The first-order valence-electron chi connectivity index (χ1n) is 6.21. The van der Waals surface area contributed by atoms with Crippen LogP contribution in [0.5, 0.6) is 0 Å². The Balaban J connectivity index is 3.34. The Bertz CT molecular complexity index is 444. The van der Waals surface area contributed by atoms with Crippen LogP contribution in [0.4, 0.5) is 0 Å². The van der Waals surface area contributed by atoms with Gasteiger partial charge < -0.3 is 5.73 Å². The summed E-state index contributed by atoms with van der Waals surface area (Å²) in [4.78, 5) is 13.5. The van der Waals surface area contributed by atoms with Gasteiger partial charge in [-0.1, -0.05) is 39.0 Å². The third-order valence-corrected chi connectivity index (χ3v) is 3.23. The Hall–Kier alpha value is -1.35. The molecule has 1 aromatic carbocycles. The van der Waals surface area contributed by atoms with E-state index < -0.39 is 0 Å². The third kappa shape index (κ3) is 3.10. The number of hydrogen-bond acceptors (Lipinski definition) is 2. The number of carbonyl (C=O) groups excluding carboxylic acids is 1. The van der Waals surface area contributed by atoms with Gasteiger partial charge in [0.2, 0.25) is 5.91 Å². The number of nitrogens with zero attached hydrogens (tertiary/aromatic N) is 1. The van der Waals surface area contributed by atoms with Crippen LogP contribution in [0.2, 0.25) is 0 Å². The highest BCUT2D eigenvalue weighted by atomic mass is 16.1. The molecule has 0 saturated carbocycles. The van der Waals surface area contributed by atoms with Crippen LogP contribution in [0.1, 0.15) is 43.5 Å². The molecule has 3 heteroatoms. The summed E-state index contributed by atoms with van der Waals surface area (Å²) in [5.74, 6) is -0.311. The zero-order valence-electron chi connectivity index (χ0n) is 12.2. The van der Waals surface area contributed by atoms with Gasteiger partial charge in [0.25, 0.3) is 0 Å². The highest BCUT2D eigenvalue weighted by Crippen LogP contribution is 2.28. The summed E-state index contributed by atoms with van der Waals surface area (Å²) in [5, 5.41) is 0. The molecule has 0 fully saturated rings. The lowest BCUT2D eigenvalue weighted by atomic mass is 9.84. The fraction of sp³-hybridized carbons (Fsp3) is 0.533. The largest absolute Gasteiger partial charge is 0.368 e. The first-order valence-corrected chi connectivity index (χ1v) is 6.21. The van der Waals surface area contributed by atoms with Gasteiger partial charge in [0.15, 0.2) is 0 Å². The second-order valence-electron chi connectivity index (χ2n) is 6.09. The van der Waals surface area contributed by atoms with Gasteiger partial charge in [-0.05, 0) is 43.1 Å². The Morgan fingerprint density at radius 1 is 1.28 bits per heavy atom. The van der Waals surface area contributed by atoms with Gasteiger partial charge in [-0.3, -0.25) is 9.69 Å². The molecule has 0 radical (unpaired) electrons. The number of benzene rings is 1. The molecule has 1 aromatic rings. The Labute approximate surface area is 110 Å². The number of carbonyl (C=O) groups is 1. The summed E-state index contributed by atoms with van der Waals surface area (Å²) in [5.41, 5.74) is 8.90. The molecule has 1 unspecified atom stereocenters. The van der Waals surface area contributed by atoms with Crippen molar-refractivity contribution in [2.45, 2.75) is 39.2 Å². The smallest absolute Gasteiger partial charge is 0.239 e. The lowest BCUT2D eigenvalue weighted by molar-refractivity contribution is -0.122. The molecule has 0 saturated heterocycles. The van der Waals surface area contributed by atoms with Gasteiger partial charge in [0, 0.05) is 0 Å². The lowest BCUT2D eigenvalue weighted by Gasteiger charge is -2.26. The number of aryl methyl sites for hydroxylation is 1. The van der Waals surface area contributed by atoms with E-state index in [4.69, 9.17) is 5.73 Å². The van der Waals surface area contributed by atoms with Gasteiger partial charge >= 0.3 is 0 Å². The van der Waals surface area contributed by atoms with Gasteiger partial charge in [-0.15, -0.1) is 0 Å². The molecule has 0 spiro atoms. The minimum atomic E-state index is -0.368. The summed E-state index contributed by atoms with van der Waals surface area (Å²) in [6.07, 6.45) is 0. The van der Waals surface area contributed by atoms with E-state index in [0.29, 0.717) is 0 Å². The van der Waals surface area contributed by atoms with Crippen LogP contribution < -0.4 is 5.73 Å².